The van der Waals surface area contributed by atoms with E-state index in [1.807, 2.05) is 0 Å². The molecule has 35 heavy (non-hydrogen) atoms. The van der Waals surface area contributed by atoms with E-state index in [1.54, 1.807) is 18.2 Å². The van der Waals surface area contributed by atoms with Gasteiger partial charge in [-0.1, -0.05) is 25.8 Å². The Morgan fingerprint density at radius 3 is 2.26 bits per heavy atom. The maximum absolute atomic E-state index is 14.7. The Bertz CT molecular complexity index is 1180. The van der Waals surface area contributed by atoms with Crippen molar-refractivity contribution in [3.05, 3.63) is 58.4 Å². The largest absolute Gasteiger partial charge is 0.454 e. The van der Waals surface area contributed by atoms with Gasteiger partial charge in [-0.25, -0.2) is 18.2 Å². The molecule has 0 radical (unpaired) electrons. The molecule has 1 aromatic heterocycles. The Labute approximate surface area is 203 Å². The fourth-order valence-corrected chi connectivity index (χ4v) is 5.66. The highest BCUT2D eigenvalue weighted by Crippen LogP contribution is 2.40. The molecule has 0 unspecified atom stereocenters. The van der Waals surface area contributed by atoms with Gasteiger partial charge in [0.15, 0.2) is 23.7 Å². The fraction of sp³-hybridized carbons (Fsp3) is 0.480. The molecule has 4 nitrogen and oxygen atoms in total. The second-order valence-electron chi connectivity index (χ2n) is 9.34. The van der Waals surface area contributed by atoms with Crippen LogP contribution in [0.15, 0.2) is 30.3 Å². The van der Waals surface area contributed by atoms with E-state index in [-0.39, 0.29) is 0 Å². The highest BCUT2D eigenvalue weighted by Gasteiger charge is 2.39. The van der Waals surface area contributed by atoms with Crippen molar-refractivity contribution in [2.45, 2.75) is 45.0 Å². The molecular weight excluding hydrogens is 489 g/mol. The summed E-state index contributed by atoms with van der Waals surface area (Å²) in [4.78, 5) is 3.91. The maximum Gasteiger partial charge on any atom is 0.454 e. The van der Waals surface area contributed by atoms with Gasteiger partial charge >= 0.3 is 6.11 Å². The number of nitrogens with zero attached hydrogens (tertiary/aromatic N) is 1. The van der Waals surface area contributed by atoms with Gasteiger partial charge in [-0.05, 0) is 36.8 Å². The predicted molar refractivity (Wildman–Crippen MR) is 120 cm³/mol. The summed E-state index contributed by atoms with van der Waals surface area (Å²) in [6, 6.07) is 5.69. The summed E-state index contributed by atoms with van der Waals surface area (Å²) in [7, 11) is 0. The second kappa shape index (κ2) is 9.63. The second-order valence-corrected chi connectivity index (χ2v) is 10.4. The van der Waals surface area contributed by atoms with Crippen LogP contribution >= 0.6 is 11.3 Å². The van der Waals surface area contributed by atoms with Crippen LogP contribution in [0.25, 0.3) is 10.2 Å². The van der Waals surface area contributed by atoms with E-state index in [4.69, 9.17) is 9.47 Å². The van der Waals surface area contributed by atoms with Crippen LogP contribution in [-0.2, 0) is 15.6 Å². The minimum absolute atomic E-state index is 0.304. The molecule has 0 atom stereocenters. The van der Waals surface area contributed by atoms with Gasteiger partial charge < -0.3 is 14.2 Å². The van der Waals surface area contributed by atoms with Crippen LogP contribution in [0.4, 0.5) is 22.0 Å². The molecule has 2 aromatic carbocycles. The predicted octanol–water partition coefficient (Wildman–Crippen LogP) is 7.33. The molecule has 1 saturated carbocycles. The zero-order valence-electron chi connectivity index (χ0n) is 18.9. The molecular formula is C25H24F5NO3S. The normalized spacial score (nSPS) is 25.7. The van der Waals surface area contributed by atoms with Gasteiger partial charge in [0.25, 0.3) is 0 Å². The quantitative estimate of drug-likeness (QED) is 0.265. The SMILES string of the molecule is CC1CCC(C2COC(c3ccc4nc(C(F)(F)Oc5cc(F)c(F)c(F)c5)sc4c3)OC2)CC1. The van der Waals surface area contributed by atoms with E-state index < -0.39 is 40.6 Å². The lowest BCUT2D eigenvalue weighted by atomic mass is 9.76. The van der Waals surface area contributed by atoms with E-state index in [0.717, 1.165) is 5.92 Å². The molecule has 3 aromatic rings. The Kier molecular flexibility index (Phi) is 6.71. The number of fused-ring (bicyclic) bond motifs is 1. The number of alkyl halides is 2. The monoisotopic (exact) mass is 513 g/mol. The molecule has 0 amide bonds. The van der Waals surface area contributed by atoms with E-state index in [9.17, 15) is 22.0 Å². The molecule has 1 aliphatic carbocycles. The smallest absolute Gasteiger partial charge is 0.427 e. The van der Waals surface area contributed by atoms with Crippen molar-refractivity contribution in [1.82, 2.24) is 4.98 Å². The average molecular weight is 514 g/mol. The first-order chi connectivity index (χ1) is 16.7. The van der Waals surface area contributed by atoms with Crippen molar-refractivity contribution in [1.29, 1.82) is 0 Å². The average Bonchev–Trinajstić information content (AvgIpc) is 3.28. The Morgan fingerprint density at radius 1 is 0.943 bits per heavy atom. The molecule has 0 spiro atoms. The summed E-state index contributed by atoms with van der Waals surface area (Å²) in [6.45, 7) is 3.46. The van der Waals surface area contributed by atoms with Crippen LogP contribution in [0.1, 0.15) is 49.5 Å². The van der Waals surface area contributed by atoms with Gasteiger partial charge in [-0.3, -0.25) is 0 Å². The van der Waals surface area contributed by atoms with Crippen molar-refractivity contribution >= 4 is 21.6 Å². The molecule has 188 valence electrons. The lowest BCUT2D eigenvalue weighted by molar-refractivity contribution is -0.214. The molecule has 0 bridgehead atoms. The molecule has 1 saturated heterocycles. The van der Waals surface area contributed by atoms with Crippen LogP contribution in [0.2, 0.25) is 0 Å². The summed E-state index contributed by atoms with van der Waals surface area (Å²) < 4.78 is 86.1. The van der Waals surface area contributed by atoms with Gasteiger partial charge in [-0.15, -0.1) is 11.3 Å². The number of hydrogen-bond acceptors (Lipinski definition) is 5. The molecule has 2 aliphatic rings. The number of thiazole rings is 1. The number of benzene rings is 2. The Hall–Kier alpha value is -2.30. The zero-order valence-corrected chi connectivity index (χ0v) is 19.7. The number of aromatic nitrogens is 1. The summed E-state index contributed by atoms with van der Waals surface area (Å²) in [5.74, 6) is -4.14. The number of ether oxygens (including phenoxy) is 3. The van der Waals surface area contributed by atoms with Crippen molar-refractivity contribution in [3.8, 4) is 5.75 Å². The highest BCUT2D eigenvalue weighted by molar-refractivity contribution is 7.18. The standard InChI is InChI=1S/C25H24F5NO3S/c1-13-2-4-14(5-3-13)16-11-32-23(33-12-16)15-6-7-20-21(8-15)35-24(31-20)25(29,30)34-17-9-18(26)22(28)19(27)10-17/h6-10,13-14,16,23H,2-5,11-12H2,1H3. The Morgan fingerprint density at radius 2 is 1.60 bits per heavy atom. The summed E-state index contributed by atoms with van der Waals surface area (Å²) in [5, 5.41) is -0.702. The van der Waals surface area contributed by atoms with Gasteiger partial charge in [0.1, 0.15) is 5.75 Å². The van der Waals surface area contributed by atoms with Gasteiger partial charge in [-0.2, -0.15) is 8.78 Å². The first-order valence-electron chi connectivity index (χ1n) is 11.5. The van der Waals surface area contributed by atoms with E-state index in [1.165, 1.54) is 25.7 Å². The number of hydrogen-bond donors (Lipinski definition) is 0. The minimum Gasteiger partial charge on any atom is -0.427 e. The lowest BCUT2D eigenvalue weighted by Gasteiger charge is -2.37. The molecule has 5 rings (SSSR count). The number of rotatable bonds is 5. The molecule has 0 N–H and O–H groups in total. The summed E-state index contributed by atoms with van der Waals surface area (Å²) in [6.07, 6.45) is 0.260. The van der Waals surface area contributed by atoms with Gasteiger partial charge in [0, 0.05) is 23.6 Å². The molecule has 2 heterocycles. The zero-order chi connectivity index (χ0) is 24.7. The van der Waals surface area contributed by atoms with Crippen LogP contribution in [-0.4, -0.2) is 18.2 Å². The first kappa shape index (κ1) is 24.4. The molecule has 10 heteroatoms. The first-order valence-corrected chi connectivity index (χ1v) is 12.4. The lowest BCUT2D eigenvalue weighted by Crippen LogP contribution is -2.34. The van der Waals surface area contributed by atoms with Crippen molar-refractivity contribution in [2.75, 3.05) is 13.2 Å². The van der Waals surface area contributed by atoms with E-state index in [2.05, 4.69) is 16.6 Å². The van der Waals surface area contributed by atoms with Crippen molar-refractivity contribution < 1.29 is 36.2 Å². The van der Waals surface area contributed by atoms with Crippen LogP contribution < -0.4 is 4.74 Å². The Balaban J connectivity index is 1.28. The summed E-state index contributed by atoms with van der Waals surface area (Å²) in [5.41, 5.74) is 0.994. The number of halogens is 5. The van der Waals surface area contributed by atoms with E-state index in [0.29, 0.717) is 64.3 Å². The minimum atomic E-state index is -3.98. The highest BCUT2D eigenvalue weighted by atomic mass is 32.1. The maximum atomic E-state index is 14.7. The summed E-state index contributed by atoms with van der Waals surface area (Å²) >= 11 is 0.678. The fourth-order valence-electron chi connectivity index (χ4n) is 4.74. The van der Waals surface area contributed by atoms with Crippen LogP contribution in [0.3, 0.4) is 0 Å². The van der Waals surface area contributed by atoms with Gasteiger partial charge in [0.2, 0.25) is 5.01 Å². The third kappa shape index (κ3) is 5.15. The third-order valence-electron chi connectivity index (χ3n) is 6.79. The van der Waals surface area contributed by atoms with Crippen LogP contribution in [0.5, 0.6) is 5.75 Å². The van der Waals surface area contributed by atoms with Crippen molar-refractivity contribution in [3.63, 3.8) is 0 Å². The van der Waals surface area contributed by atoms with Crippen molar-refractivity contribution in [2.24, 2.45) is 17.8 Å². The molecule has 1 aliphatic heterocycles. The molecule has 2 fully saturated rings. The third-order valence-corrected chi connectivity index (χ3v) is 7.86. The topological polar surface area (TPSA) is 40.6 Å². The van der Waals surface area contributed by atoms with Crippen LogP contribution in [0, 0.1) is 35.2 Å². The van der Waals surface area contributed by atoms with Gasteiger partial charge in [0.05, 0.1) is 23.4 Å². The van der Waals surface area contributed by atoms with E-state index >= 15 is 0 Å².